The molecule has 0 aliphatic rings. The van der Waals surface area contributed by atoms with Gasteiger partial charge in [-0.3, -0.25) is 5.10 Å². The summed E-state index contributed by atoms with van der Waals surface area (Å²) >= 11 is 7.87. The van der Waals surface area contributed by atoms with E-state index in [2.05, 4.69) is 10.2 Å². The second-order valence-corrected chi connectivity index (χ2v) is 8.55. The van der Waals surface area contributed by atoms with E-state index in [0.29, 0.717) is 3.57 Å². The molecule has 1 aromatic heterocycles. The molecule has 0 amide bonds. The van der Waals surface area contributed by atoms with Gasteiger partial charge in [0, 0.05) is 0 Å². The van der Waals surface area contributed by atoms with E-state index in [-0.39, 0.29) is 27.6 Å². The molecule has 140 valence electrons. The van der Waals surface area contributed by atoms with Crippen LogP contribution in [0.25, 0.3) is 10.9 Å². The van der Waals surface area contributed by atoms with Gasteiger partial charge in [0.2, 0.25) is 0 Å². The maximum atomic E-state index is 12.9. The van der Waals surface area contributed by atoms with Gasteiger partial charge in [-0.1, -0.05) is 17.7 Å². The Morgan fingerprint density at radius 2 is 1.96 bits per heavy atom. The van der Waals surface area contributed by atoms with Crippen LogP contribution in [0.5, 0.6) is 11.5 Å². The third kappa shape index (κ3) is 3.32. The van der Waals surface area contributed by atoms with E-state index in [1.807, 2.05) is 28.7 Å². The summed E-state index contributed by atoms with van der Waals surface area (Å²) in [5.74, 6) is 0.107. The molecule has 0 radical (unpaired) electrons. The summed E-state index contributed by atoms with van der Waals surface area (Å²) < 4.78 is 68.6. The highest BCUT2D eigenvalue weighted by Gasteiger charge is 2.48. The number of benzene rings is 2. The average molecular weight is 528 g/mol. The zero-order valence-electron chi connectivity index (χ0n) is 12.8. The minimum atomic E-state index is -5.65. The number of nitrogens with zero attached hydrogens (tertiary/aromatic N) is 2. The van der Waals surface area contributed by atoms with E-state index >= 15 is 0 Å². The van der Waals surface area contributed by atoms with Gasteiger partial charge in [-0.25, -0.2) is 8.42 Å². The van der Waals surface area contributed by atoms with Crippen LogP contribution in [0.3, 0.4) is 0 Å². The molecule has 12 heteroatoms. The van der Waals surface area contributed by atoms with E-state index in [4.69, 9.17) is 16.3 Å². The van der Waals surface area contributed by atoms with Crippen LogP contribution in [-0.2, 0) is 9.84 Å². The summed E-state index contributed by atoms with van der Waals surface area (Å²) in [7, 11) is -5.65. The quantitative estimate of drug-likeness (QED) is 0.495. The number of aromatic nitrogens is 2. The molecule has 0 saturated heterocycles. The lowest BCUT2D eigenvalue weighted by atomic mass is 10.2. The minimum absolute atomic E-state index is 0.0505. The predicted molar refractivity (Wildman–Crippen MR) is 98.3 cm³/mol. The fourth-order valence-electron chi connectivity index (χ4n) is 2.27. The molecule has 3 rings (SSSR count). The fourth-order valence-corrected chi connectivity index (χ4v) is 4.01. The smallest absolute Gasteiger partial charge is 0.454 e. The Hall–Kier alpha value is -2.04. The number of sulfone groups is 1. The lowest BCUT2D eigenvalue weighted by Gasteiger charge is -2.13. The summed E-state index contributed by atoms with van der Waals surface area (Å²) in [4.78, 5) is -1.05. The van der Waals surface area contributed by atoms with E-state index in [1.54, 1.807) is 12.1 Å². The largest absolute Gasteiger partial charge is 0.501 e. The van der Waals surface area contributed by atoms with Crippen LogP contribution < -0.4 is 4.74 Å². The number of nitriles is 1. The van der Waals surface area contributed by atoms with Crippen LogP contribution in [0.4, 0.5) is 13.2 Å². The number of fused-ring (bicyclic) bond motifs is 1. The van der Waals surface area contributed by atoms with Crippen LogP contribution >= 0.6 is 34.2 Å². The van der Waals surface area contributed by atoms with Crippen molar-refractivity contribution < 1.29 is 26.3 Å². The first-order chi connectivity index (χ1) is 12.6. The van der Waals surface area contributed by atoms with Crippen molar-refractivity contribution in [3.05, 3.63) is 44.6 Å². The van der Waals surface area contributed by atoms with Crippen molar-refractivity contribution in [1.82, 2.24) is 10.2 Å². The minimum Gasteiger partial charge on any atom is -0.454 e. The lowest BCUT2D eigenvalue weighted by Crippen LogP contribution is -2.23. The van der Waals surface area contributed by atoms with Crippen molar-refractivity contribution in [1.29, 1.82) is 5.26 Å². The summed E-state index contributed by atoms with van der Waals surface area (Å²) in [6.07, 6.45) is 0. The molecule has 0 atom stereocenters. The number of aromatic amines is 1. The Morgan fingerprint density at radius 1 is 1.26 bits per heavy atom. The number of H-pyrrole nitrogens is 1. The summed E-state index contributed by atoms with van der Waals surface area (Å²) in [5, 5.41) is 14.7. The molecule has 0 aliphatic heterocycles. The van der Waals surface area contributed by atoms with Crippen molar-refractivity contribution in [2.75, 3.05) is 0 Å². The van der Waals surface area contributed by atoms with Crippen LogP contribution in [0.15, 0.2) is 35.2 Å². The van der Waals surface area contributed by atoms with Gasteiger partial charge in [-0.15, -0.1) is 0 Å². The highest BCUT2D eigenvalue weighted by Crippen LogP contribution is 2.41. The van der Waals surface area contributed by atoms with E-state index in [1.165, 1.54) is 6.07 Å². The van der Waals surface area contributed by atoms with Gasteiger partial charge >= 0.3 is 5.51 Å². The Morgan fingerprint density at radius 3 is 2.59 bits per heavy atom. The topological polar surface area (TPSA) is 95.8 Å². The van der Waals surface area contributed by atoms with Crippen molar-refractivity contribution in [3.8, 4) is 17.6 Å². The Balaban J connectivity index is 2.24. The van der Waals surface area contributed by atoms with Gasteiger partial charge in [0.05, 0.1) is 14.5 Å². The molecule has 3 aromatic rings. The zero-order chi connectivity index (χ0) is 20.0. The fraction of sp³-hybridized carbons (Fsp3) is 0.0667. The summed E-state index contributed by atoms with van der Waals surface area (Å²) in [5.41, 5.74) is -5.84. The highest BCUT2D eigenvalue weighted by atomic mass is 127. The van der Waals surface area contributed by atoms with E-state index in [9.17, 15) is 26.9 Å². The molecular weight excluding hydrogens is 522 g/mol. The van der Waals surface area contributed by atoms with Crippen molar-refractivity contribution in [2.24, 2.45) is 0 Å². The van der Waals surface area contributed by atoms with Crippen molar-refractivity contribution in [2.45, 2.75) is 10.4 Å². The molecule has 0 bridgehead atoms. The summed E-state index contributed by atoms with van der Waals surface area (Å²) in [6.45, 7) is 0. The number of halogens is 5. The third-order valence-electron chi connectivity index (χ3n) is 3.48. The standard InChI is InChI=1S/C15H6ClF3IN3O3S/c16-14-11-9(26-13-7(6-21)2-1-3-8(13)20)4-5-10(12(11)22-23-14)27(24,25)15(17,18)19/h1-5H,(H,22,23). The van der Waals surface area contributed by atoms with Gasteiger partial charge in [0.25, 0.3) is 9.84 Å². The Bertz CT molecular complexity index is 1200. The molecule has 2 aromatic carbocycles. The Kier molecular flexibility index (Phi) is 5.00. The van der Waals surface area contributed by atoms with Crippen LogP contribution in [0, 0.1) is 14.9 Å². The van der Waals surface area contributed by atoms with Gasteiger partial charge < -0.3 is 4.74 Å². The number of para-hydroxylation sites is 1. The molecule has 6 nitrogen and oxygen atoms in total. The predicted octanol–water partition coefficient (Wildman–Crippen LogP) is 4.78. The number of rotatable bonds is 3. The molecule has 27 heavy (non-hydrogen) atoms. The Labute approximate surface area is 168 Å². The third-order valence-corrected chi connectivity index (χ3v) is 6.12. The molecular formula is C15H6ClF3IN3O3S. The first-order valence-corrected chi connectivity index (χ1v) is 9.86. The average Bonchev–Trinajstić information content (AvgIpc) is 2.98. The molecule has 0 unspecified atom stereocenters. The van der Waals surface area contributed by atoms with Crippen LogP contribution in [0.1, 0.15) is 5.56 Å². The number of alkyl halides is 3. The molecule has 1 N–H and O–H groups in total. The molecule has 0 aliphatic carbocycles. The van der Waals surface area contributed by atoms with Gasteiger partial charge in [0.1, 0.15) is 27.4 Å². The van der Waals surface area contributed by atoms with Crippen LogP contribution in [-0.4, -0.2) is 24.1 Å². The number of nitrogens with one attached hydrogen (secondary N) is 1. The van der Waals surface area contributed by atoms with Gasteiger partial charge in [-0.05, 0) is 46.9 Å². The first-order valence-electron chi connectivity index (χ1n) is 6.92. The number of hydrogen-bond donors (Lipinski definition) is 1. The van der Waals surface area contributed by atoms with Crippen LogP contribution in [0.2, 0.25) is 5.15 Å². The molecule has 0 saturated carbocycles. The van der Waals surface area contributed by atoms with E-state index < -0.39 is 25.8 Å². The second kappa shape index (κ2) is 6.84. The molecule has 1 heterocycles. The van der Waals surface area contributed by atoms with Gasteiger partial charge in [0.15, 0.2) is 5.75 Å². The lowest BCUT2D eigenvalue weighted by molar-refractivity contribution is -0.0435. The van der Waals surface area contributed by atoms with E-state index in [0.717, 1.165) is 12.1 Å². The molecule has 0 fully saturated rings. The van der Waals surface area contributed by atoms with Crippen molar-refractivity contribution in [3.63, 3.8) is 0 Å². The highest BCUT2D eigenvalue weighted by molar-refractivity contribution is 14.1. The monoisotopic (exact) mass is 527 g/mol. The first kappa shape index (κ1) is 19.7. The maximum Gasteiger partial charge on any atom is 0.501 e. The summed E-state index contributed by atoms with van der Waals surface area (Å²) in [6, 6.07) is 8.49. The zero-order valence-corrected chi connectivity index (χ0v) is 16.5. The van der Waals surface area contributed by atoms with Gasteiger partial charge in [-0.2, -0.15) is 23.5 Å². The SMILES string of the molecule is N#Cc1cccc(I)c1Oc1ccc(S(=O)(=O)C(F)(F)F)c2n[nH]c(Cl)c12. The molecule has 0 spiro atoms. The number of ether oxygens (including phenoxy) is 1. The normalized spacial score (nSPS) is 12.1. The van der Waals surface area contributed by atoms with Crippen molar-refractivity contribution >= 4 is 54.9 Å². The second-order valence-electron chi connectivity index (χ2n) is 5.10. The maximum absolute atomic E-state index is 12.9. The number of hydrogen-bond acceptors (Lipinski definition) is 5.